The molecular weight excluding hydrogens is 378 g/mol. The molecule has 2 heteroatoms. The second-order valence-corrected chi connectivity index (χ2v) is 8.26. The van der Waals surface area contributed by atoms with Crippen LogP contribution in [0, 0.1) is 0 Å². The SMILES string of the molecule is OC(c1cccc(-c2ccccc2)c1)c1cccc(-c2ccccc2)c1C1CCNC1. The number of nitrogens with one attached hydrogen (secondary N) is 1. The van der Waals surface area contributed by atoms with Crippen molar-refractivity contribution in [2.75, 3.05) is 13.1 Å². The van der Waals surface area contributed by atoms with Gasteiger partial charge in [-0.1, -0.05) is 97.1 Å². The largest absolute Gasteiger partial charge is 0.384 e. The van der Waals surface area contributed by atoms with Crippen molar-refractivity contribution in [2.24, 2.45) is 0 Å². The van der Waals surface area contributed by atoms with E-state index in [2.05, 4.69) is 72.0 Å². The Morgan fingerprint density at radius 2 is 1.39 bits per heavy atom. The van der Waals surface area contributed by atoms with Crippen LogP contribution in [0.25, 0.3) is 22.3 Å². The Hall–Kier alpha value is -3.20. The van der Waals surface area contributed by atoms with Gasteiger partial charge in [0.1, 0.15) is 6.10 Å². The monoisotopic (exact) mass is 405 g/mol. The van der Waals surface area contributed by atoms with Gasteiger partial charge in [-0.3, -0.25) is 0 Å². The van der Waals surface area contributed by atoms with E-state index in [4.69, 9.17) is 0 Å². The summed E-state index contributed by atoms with van der Waals surface area (Å²) in [6.07, 6.45) is 0.427. The van der Waals surface area contributed by atoms with Crippen LogP contribution in [0.1, 0.15) is 35.1 Å². The zero-order chi connectivity index (χ0) is 21.0. The van der Waals surface area contributed by atoms with Crippen molar-refractivity contribution in [1.82, 2.24) is 5.32 Å². The second-order valence-electron chi connectivity index (χ2n) is 8.26. The molecule has 0 aromatic heterocycles. The van der Waals surface area contributed by atoms with E-state index >= 15 is 0 Å². The molecule has 1 aliphatic rings. The lowest BCUT2D eigenvalue weighted by atomic mass is 9.83. The van der Waals surface area contributed by atoms with Crippen LogP contribution in [-0.4, -0.2) is 18.2 Å². The van der Waals surface area contributed by atoms with Gasteiger partial charge >= 0.3 is 0 Å². The predicted octanol–water partition coefficient (Wildman–Crippen LogP) is 6.18. The van der Waals surface area contributed by atoms with E-state index in [0.29, 0.717) is 5.92 Å². The van der Waals surface area contributed by atoms with Crippen LogP contribution in [0.5, 0.6) is 0 Å². The van der Waals surface area contributed by atoms with Crippen molar-refractivity contribution < 1.29 is 5.11 Å². The number of rotatable bonds is 5. The normalized spacial score (nSPS) is 16.9. The molecule has 0 aliphatic carbocycles. The van der Waals surface area contributed by atoms with E-state index in [0.717, 1.165) is 41.8 Å². The third-order valence-corrected chi connectivity index (χ3v) is 6.30. The molecule has 2 atom stereocenters. The van der Waals surface area contributed by atoms with Gasteiger partial charge in [0, 0.05) is 6.54 Å². The minimum Gasteiger partial charge on any atom is -0.384 e. The summed E-state index contributed by atoms with van der Waals surface area (Å²) in [5.41, 5.74) is 7.94. The fourth-order valence-electron chi connectivity index (χ4n) is 4.75. The highest BCUT2D eigenvalue weighted by Gasteiger charge is 2.26. The van der Waals surface area contributed by atoms with Gasteiger partial charge in [-0.25, -0.2) is 0 Å². The lowest BCUT2D eigenvalue weighted by Gasteiger charge is -2.23. The van der Waals surface area contributed by atoms with Crippen LogP contribution in [-0.2, 0) is 0 Å². The molecule has 31 heavy (non-hydrogen) atoms. The van der Waals surface area contributed by atoms with Crippen molar-refractivity contribution in [3.63, 3.8) is 0 Å². The lowest BCUT2D eigenvalue weighted by molar-refractivity contribution is 0.219. The summed E-state index contributed by atoms with van der Waals surface area (Å²) < 4.78 is 0. The van der Waals surface area contributed by atoms with E-state index in [1.165, 1.54) is 16.7 Å². The molecule has 4 aromatic rings. The van der Waals surface area contributed by atoms with E-state index in [-0.39, 0.29) is 0 Å². The van der Waals surface area contributed by atoms with Crippen molar-refractivity contribution in [3.8, 4) is 22.3 Å². The van der Waals surface area contributed by atoms with Crippen molar-refractivity contribution in [2.45, 2.75) is 18.4 Å². The summed E-state index contributed by atoms with van der Waals surface area (Å²) in [5, 5.41) is 15.1. The minimum atomic E-state index is -0.664. The summed E-state index contributed by atoms with van der Waals surface area (Å²) in [5.74, 6) is 0.401. The predicted molar refractivity (Wildman–Crippen MR) is 128 cm³/mol. The molecule has 0 amide bonds. The Labute approximate surface area is 184 Å². The molecule has 0 bridgehead atoms. The van der Waals surface area contributed by atoms with E-state index in [9.17, 15) is 5.11 Å². The summed E-state index contributed by atoms with van der Waals surface area (Å²) in [6.45, 7) is 1.97. The van der Waals surface area contributed by atoms with E-state index < -0.39 is 6.10 Å². The van der Waals surface area contributed by atoms with Crippen LogP contribution < -0.4 is 5.32 Å². The fourth-order valence-corrected chi connectivity index (χ4v) is 4.75. The molecule has 1 fully saturated rings. The smallest absolute Gasteiger partial charge is 0.104 e. The van der Waals surface area contributed by atoms with Gasteiger partial charge in [-0.05, 0) is 63.9 Å². The zero-order valence-electron chi connectivity index (χ0n) is 17.5. The third kappa shape index (κ3) is 4.05. The number of hydrogen-bond donors (Lipinski definition) is 2. The van der Waals surface area contributed by atoms with Crippen LogP contribution >= 0.6 is 0 Å². The maximum Gasteiger partial charge on any atom is 0.104 e. The molecule has 5 rings (SSSR count). The van der Waals surface area contributed by atoms with Gasteiger partial charge in [-0.2, -0.15) is 0 Å². The average molecular weight is 406 g/mol. The van der Waals surface area contributed by atoms with Gasteiger partial charge < -0.3 is 10.4 Å². The van der Waals surface area contributed by atoms with E-state index in [1.54, 1.807) is 0 Å². The molecule has 1 heterocycles. The topological polar surface area (TPSA) is 32.3 Å². The van der Waals surface area contributed by atoms with Crippen molar-refractivity contribution >= 4 is 0 Å². The quantitative estimate of drug-likeness (QED) is 0.416. The Balaban J connectivity index is 1.60. The standard InChI is InChI=1S/C29H27NO/c31-29(24-14-7-13-23(19-24)21-9-3-1-4-10-21)27-16-8-15-26(22-11-5-2-6-12-22)28(27)25-17-18-30-20-25/h1-16,19,25,29-31H,17-18,20H2. The molecule has 1 aliphatic heterocycles. The first-order valence-corrected chi connectivity index (χ1v) is 11.0. The van der Waals surface area contributed by atoms with Gasteiger partial charge in [0.2, 0.25) is 0 Å². The van der Waals surface area contributed by atoms with Gasteiger partial charge in [0.05, 0.1) is 0 Å². The Kier molecular flexibility index (Phi) is 5.66. The first kappa shape index (κ1) is 19.7. The summed E-state index contributed by atoms with van der Waals surface area (Å²) in [4.78, 5) is 0. The number of aliphatic hydroxyl groups excluding tert-OH is 1. The molecule has 2 unspecified atom stereocenters. The molecule has 0 radical (unpaired) electrons. The number of hydrogen-bond acceptors (Lipinski definition) is 2. The average Bonchev–Trinajstić information content (AvgIpc) is 3.39. The van der Waals surface area contributed by atoms with Crippen LogP contribution in [0.4, 0.5) is 0 Å². The number of aliphatic hydroxyl groups is 1. The second kappa shape index (κ2) is 8.89. The summed E-state index contributed by atoms with van der Waals surface area (Å²) in [6, 6.07) is 35.5. The van der Waals surface area contributed by atoms with Crippen LogP contribution in [0.3, 0.4) is 0 Å². The van der Waals surface area contributed by atoms with Crippen LogP contribution in [0.15, 0.2) is 103 Å². The zero-order valence-corrected chi connectivity index (χ0v) is 17.5. The third-order valence-electron chi connectivity index (χ3n) is 6.30. The van der Waals surface area contributed by atoms with Gasteiger partial charge in [-0.15, -0.1) is 0 Å². The van der Waals surface area contributed by atoms with Gasteiger partial charge in [0.15, 0.2) is 0 Å². The Morgan fingerprint density at radius 1 is 0.710 bits per heavy atom. The highest BCUT2D eigenvalue weighted by Crippen LogP contribution is 2.39. The molecule has 1 saturated heterocycles. The summed E-state index contributed by atoms with van der Waals surface area (Å²) in [7, 11) is 0. The molecule has 2 nitrogen and oxygen atoms in total. The van der Waals surface area contributed by atoms with Gasteiger partial charge in [0.25, 0.3) is 0 Å². The molecule has 4 aromatic carbocycles. The Morgan fingerprint density at radius 3 is 2.10 bits per heavy atom. The number of benzene rings is 4. The van der Waals surface area contributed by atoms with Crippen molar-refractivity contribution in [1.29, 1.82) is 0 Å². The molecule has 154 valence electrons. The lowest BCUT2D eigenvalue weighted by Crippen LogP contribution is -2.13. The first-order chi connectivity index (χ1) is 15.3. The molecule has 2 N–H and O–H groups in total. The minimum absolute atomic E-state index is 0.401. The summed E-state index contributed by atoms with van der Waals surface area (Å²) >= 11 is 0. The molecule has 0 spiro atoms. The van der Waals surface area contributed by atoms with Crippen molar-refractivity contribution in [3.05, 3.63) is 120 Å². The maximum absolute atomic E-state index is 11.6. The Bertz CT molecular complexity index is 1150. The maximum atomic E-state index is 11.6. The first-order valence-electron chi connectivity index (χ1n) is 11.0. The van der Waals surface area contributed by atoms with E-state index in [1.807, 2.05) is 36.4 Å². The highest BCUT2D eigenvalue weighted by atomic mass is 16.3. The molecular formula is C29H27NO. The van der Waals surface area contributed by atoms with Crippen LogP contribution in [0.2, 0.25) is 0 Å². The fraction of sp³-hybridized carbons (Fsp3) is 0.172. The highest BCUT2D eigenvalue weighted by molar-refractivity contribution is 5.71. The molecule has 0 saturated carbocycles.